The molecule has 3 N–H and O–H groups in total. The van der Waals surface area contributed by atoms with Gasteiger partial charge >= 0.3 is 0 Å². The summed E-state index contributed by atoms with van der Waals surface area (Å²) in [7, 11) is 0. The Hall–Kier alpha value is -5.34. The molecule has 2 aliphatic heterocycles. The third-order valence-corrected chi connectivity index (χ3v) is 11.0. The Morgan fingerprint density at radius 1 is 0.870 bits per heavy atom. The molecule has 1 aliphatic carbocycles. The number of benzene rings is 2. The average Bonchev–Trinajstić information content (AvgIpc) is 3.53. The van der Waals surface area contributed by atoms with Gasteiger partial charge in [-0.25, -0.2) is 19.3 Å². The fourth-order valence-electron chi connectivity index (χ4n) is 7.73. The molecule has 0 spiro atoms. The van der Waals surface area contributed by atoms with Gasteiger partial charge in [-0.15, -0.1) is 0 Å². The van der Waals surface area contributed by atoms with Crippen LogP contribution in [-0.4, -0.2) is 110 Å². The lowest BCUT2D eigenvalue weighted by Crippen LogP contribution is -2.54. The SMILES string of the molecule is CC(CN1CCN(c2cc(-c3n[nH]c4ccc(OC5(C)CC5)cc34)ncn2)C[C@@H]1C)Oc1cc2c(-c3ccnc(N4CCN[C@@H](C)C4)c3)n[nH]c2cc1F. The normalized spacial score (nSPS) is 20.8. The Labute approximate surface area is 313 Å². The quantitative estimate of drug-likeness (QED) is 0.158. The summed E-state index contributed by atoms with van der Waals surface area (Å²) in [5.41, 5.74) is 4.70. The maximum Gasteiger partial charge on any atom is 0.167 e. The first-order valence-electron chi connectivity index (χ1n) is 19.0. The van der Waals surface area contributed by atoms with E-state index in [1.54, 1.807) is 12.4 Å². The van der Waals surface area contributed by atoms with Crippen LogP contribution in [0, 0.1) is 5.82 Å². The average molecular weight is 732 g/mol. The van der Waals surface area contributed by atoms with E-state index in [-0.39, 0.29) is 23.5 Å². The number of rotatable bonds is 10. The number of halogens is 1. The summed E-state index contributed by atoms with van der Waals surface area (Å²) < 4.78 is 27.9. The van der Waals surface area contributed by atoms with E-state index < -0.39 is 5.82 Å². The number of aromatic nitrogens is 7. The molecule has 0 bridgehead atoms. The zero-order valence-electron chi connectivity index (χ0n) is 31.1. The van der Waals surface area contributed by atoms with Crippen LogP contribution in [0.4, 0.5) is 16.0 Å². The first kappa shape index (κ1) is 34.4. The molecule has 6 heterocycles. The van der Waals surface area contributed by atoms with Gasteiger partial charge in [-0.3, -0.25) is 15.1 Å². The molecule has 0 amide bonds. The molecule has 1 unspecified atom stereocenters. The number of hydrogen-bond acceptors (Lipinski definition) is 11. The van der Waals surface area contributed by atoms with Gasteiger partial charge in [0.1, 0.15) is 46.8 Å². The summed E-state index contributed by atoms with van der Waals surface area (Å²) >= 11 is 0. The molecular formula is C40H46FN11O2. The fraction of sp³-hybridized carbons (Fsp3) is 0.425. The van der Waals surface area contributed by atoms with Crippen LogP contribution in [0.25, 0.3) is 44.5 Å². The molecule has 280 valence electrons. The van der Waals surface area contributed by atoms with Crippen molar-refractivity contribution in [1.82, 2.24) is 45.6 Å². The first-order chi connectivity index (χ1) is 26.2. The number of aromatic amines is 2. The lowest BCUT2D eigenvalue weighted by molar-refractivity contribution is 0.107. The minimum atomic E-state index is -0.419. The van der Waals surface area contributed by atoms with Crippen molar-refractivity contribution >= 4 is 33.4 Å². The van der Waals surface area contributed by atoms with Crippen LogP contribution < -0.4 is 24.6 Å². The largest absolute Gasteiger partial charge is 0.488 e. The molecule has 6 aromatic rings. The van der Waals surface area contributed by atoms with Crippen LogP contribution in [0.5, 0.6) is 11.5 Å². The van der Waals surface area contributed by atoms with Crippen LogP contribution in [-0.2, 0) is 0 Å². The number of ether oxygens (including phenoxy) is 2. The van der Waals surface area contributed by atoms with Gasteiger partial charge < -0.3 is 24.6 Å². The van der Waals surface area contributed by atoms with Gasteiger partial charge in [0.15, 0.2) is 11.6 Å². The maximum absolute atomic E-state index is 15.4. The van der Waals surface area contributed by atoms with E-state index in [4.69, 9.17) is 9.47 Å². The van der Waals surface area contributed by atoms with E-state index in [0.29, 0.717) is 18.1 Å². The van der Waals surface area contributed by atoms with Crippen LogP contribution >= 0.6 is 0 Å². The molecule has 3 aliphatic rings. The predicted molar refractivity (Wildman–Crippen MR) is 208 cm³/mol. The van der Waals surface area contributed by atoms with Crippen molar-refractivity contribution in [2.24, 2.45) is 0 Å². The number of hydrogen-bond donors (Lipinski definition) is 3. The fourth-order valence-corrected chi connectivity index (χ4v) is 7.73. The topological polar surface area (TPSA) is 136 Å². The summed E-state index contributed by atoms with van der Waals surface area (Å²) in [5.74, 6) is 2.41. The van der Waals surface area contributed by atoms with Crippen molar-refractivity contribution in [1.29, 1.82) is 0 Å². The molecule has 3 atom stereocenters. The van der Waals surface area contributed by atoms with E-state index in [1.165, 1.54) is 6.07 Å². The molecule has 14 heteroatoms. The second kappa shape index (κ2) is 13.8. The zero-order valence-corrected chi connectivity index (χ0v) is 31.1. The minimum Gasteiger partial charge on any atom is -0.488 e. The Kier molecular flexibility index (Phi) is 8.81. The number of nitrogens with one attached hydrogen (secondary N) is 3. The van der Waals surface area contributed by atoms with Gasteiger partial charge in [-0.05, 0) is 76.9 Å². The van der Waals surface area contributed by atoms with Crippen molar-refractivity contribution in [3.05, 3.63) is 66.9 Å². The summed E-state index contributed by atoms with van der Waals surface area (Å²) in [6.07, 6.45) is 5.32. The molecular weight excluding hydrogens is 686 g/mol. The number of nitrogens with zero attached hydrogens (tertiary/aromatic N) is 8. The van der Waals surface area contributed by atoms with Crippen molar-refractivity contribution < 1.29 is 13.9 Å². The minimum absolute atomic E-state index is 0.0622. The van der Waals surface area contributed by atoms with Gasteiger partial charge in [0.05, 0.1) is 16.7 Å². The Morgan fingerprint density at radius 3 is 2.50 bits per heavy atom. The predicted octanol–water partition coefficient (Wildman–Crippen LogP) is 5.80. The van der Waals surface area contributed by atoms with Crippen molar-refractivity contribution in [2.75, 3.05) is 55.6 Å². The maximum atomic E-state index is 15.4. The second-order valence-electron chi connectivity index (χ2n) is 15.4. The van der Waals surface area contributed by atoms with Crippen LogP contribution in [0.2, 0.25) is 0 Å². The zero-order chi connectivity index (χ0) is 37.0. The van der Waals surface area contributed by atoms with E-state index in [1.807, 2.05) is 43.5 Å². The standard InChI is InChI=1S/C40H46FN11O2/c1-24-20-51(12-11-42-24)36-15-27(7-10-43-36)38-30-17-35(31(41)18-33(30)47-48-38)53-26(3)22-50-13-14-52(21-25(50)2)37-19-34(44-23-45-37)39-29-16-28(54-40(4)8-9-40)5-6-32(29)46-49-39/h5-7,10,15-19,23-26,42H,8-9,11-14,20-22H2,1-4H3,(H,46,49)(H,47,48)/t24-,25-,26?/m0/s1. The molecule has 9 rings (SSSR count). The Morgan fingerprint density at radius 2 is 1.67 bits per heavy atom. The molecule has 54 heavy (non-hydrogen) atoms. The van der Waals surface area contributed by atoms with Crippen molar-refractivity contribution in [3.8, 4) is 34.1 Å². The lowest BCUT2D eigenvalue weighted by Gasteiger charge is -2.41. The van der Waals surface area contributed by atoms with Crippen molar-refractivity contribution in [3.63, 3.8) is 0 Å². The summed E-state index contributed by atoms with van der Waals surface area (Å²) in [6.45, 7) is 14.2. The molecule has 13 nitrogen and oxygen atoms in total. The summed E-state index contributed by atoms with van der Waals surface area (Å²) in [6, 6.07) is 15.9. The smallest absolute Gasteiger partial charge is 0.167 e. The molecule has 0 radical (unpaired) electrons. The van der Waals surface area contributed by atoms with Gasteiger partial charge in [0.2, 0.25) is 0 Å². The highest BCUT2D eigenvalue weighted by Crippen LogP contribution is 2.41. The first-order valence-corrected chi connectivity index (χ1v) is 19.0. The van der Waals surface area contributed by atoms with Crippen LogP contribution in [0.1, 0.15) is 40.5 Å². The number of H-pyrrole nitrogens is 2. The summed E-state index contributed by atoms with van der Waals surface area (Å²) in [5, 5.41) is 20.6. The van der Waals surface area contributed by atoms with E-state index in [0.717, 1.165) is 108 Å². The second-order valence-corrected chi connectivity index (χ2v) is 15.4. The Balaban J connectivity index is 0.859. The van der Waals surface area contributed by atoms with Crippen LogP contribution in [0.15, 0.2) is 61.1 Å². The highest BCUT2D eigenvalue weighted by atomic mass is 19.1. The summed E-state index contributed by atoms with van der Waals surface area (Å²) in [4.78, 5) is 20.8. The molecule has 3 fully saturated rings. The monoisotopic (exact) mass is 731 g/mol. The third-order valence-electron chi connectivity index (χ3n) is 11.0. The molecule has 1 saturated carbocycles. The van der Waals surface area contributed by atoms with E-state index >= 15 is 4.39 Å². The highest BCUT2D eigenvalue weighted by Gasteiger charge is 2.40. The van der Waals surface area contributed by atoms with E-state index in [2.05, 4.69) is 82.2 Å². The number of anilines is 2. The third kappa shape index (κ3) is 6.91. The molecule has 2 saturated heterocycles. The van der Waals surface area contributed by atoms with Crippen LogP contribution in [0.3, 0.4) is 0 Å². The van der Waals surface area contributed by atoms with Gasteiger partial charge in [-0.1, -0.05) is 0 Å². The molecule has 4 aromatic heterocycles. The van der Waals surface area contributed by atoms with E-state index in [9.17, 15) is 0 Å². The lowest BCUT2D eigenvalue weighted by atomic mass is 10.1. The number of pyridine rings is 1. The Bertz CT molecular complexity index is 2300. The van der Waals surface area contributed by atoms with Crippen molar-refractivity contribution in [2.45, 2.75) is 64.3 Å². The molecule has 2 aromatic carbocycles. The number of piperazine rings is 2. The highest BCUT2D eigenvalue weighted by molar-refractivity contribution is 5.94. The van der Waals surface area contributed by atoms with Gasteiger partial charge in [-0.2, -0.15) is 10.2 Å². The number of fused-ring (bicyclic) bond motifs is 2. The van der Waals surface area contributed by atoms with Gasteiger partial charge in [0.25, 0.3) is 0 Å². The van der Waals surface area contributed by atoms with Gasteiger partial charge in [0, 0.05) is 92.6 Å².